The number of ether oxygens (including phenoxy) is 1. The summed E-state index contributed by atoms with van der Waals surface area (Å²) in [6.45, 7) is 2.28. The van der Waals surface area contributed by atoms with Crippen molar-refractivity contribution in [2.45, 2.75) is 19.8 Å². The Bertz CT molecular complexity index is 935. The maximum absolute atomic E-state index is 12.6. The van der Waals surface area contributed by atoms with Crippen molar-refractivity contribution in [2.24, 2.45) is 5.92 Å². The quantitative estimate of drug-likeness (QED) is 0.775. The second kappa shape index (κ2) is 7.32. The first-order valence-electron chi connectivity index (χ1n) is 8.79. The Balaban J connectivity index is 1.45. The van der Waals surface area contributed by atoms with Crippen molar-refractivity contribution in [1.29, 1.82) is 0 Å². The Morgan fingerprint density at radius 2 is 2.22 bits per heavy atom. The maximum atomic E-state index is 12.6. The van der Waals surface area contributed by atoms with E-state index in [2.05, 4.69) is 27.5 Å². The smallest absolute Gasteiger partial charge is 0.309 e. The van der Waals surface area contributed by atoms with Crippen LogP contribution in [0, 0.1) is 5.92 Å². The molecule has 4 rings (SSSR count). The number of allylic oxidation sites excluding steroid dienone is 3. The van der Waals surface area contributed by atoms with E-state index in [9.17, 15) is 4.79 Å². The van der Waals surface area contributed by atoms with E-state index >= 15 is 0 Å². The molecule has 0 unspecified atom stereocenters. The van der Waals surface area contributed by atoms with E-state index in [1.165, 1.54) is 0 Å². The van der Waals surface area contributed by atoms with E-state index in [-0.39, 0.29) is 18.5 Å². The first-order valence-corrected chi connectivity index (χ1v) is 9.19. The van der Waals surface area contributed by atoms with Crippen LogP contribution in [0.2, 0.25) is 0 Å². The van der Waals surface area contributed by atoms with Crippen molar-refractivity contribution in [3.63, 3.8) is 0 Å². The van der Waals surface area contributed by atoms with Crippen LogP contribution in [-0.2, 0) is 11.2 Å². The van der Waals surface area contributed by atoms with E-state index in [0.29, 0.717) is 18.0 Å². The van der Waals surface area contributed by atoms with Crippen molar-refractivity contribution in [1.82, 2.24) is 25.6 Å². The molecule has 0 radical (unpaired) electrons. The number of rotatable bonds is 5. The highest BCUT2D eigenvalue weighted by Gasteiger charge is 2.33. The van der Waals surface area contributed by atoms with E-state index in [1.807, 2.05) is 42.5 Å². The number of nitrogens with one attached hydrogen (secondary N) is 2. The standard InChI is InChI=1S/C19H19N5O2S/c1-2-13-8-9-14-16(17(13)27)24(11-26-14)23-19(25)18-20-15(21-22-18)10-12-6-4-3-5-7-12/h3-9,13H,2,10-11H2,1H3,(H,23,25)(H,20,21,22)/t13-/m1/s1. The van der Waals surface area contributed by atoms with Gasteiger partial charge in [-0.2, -0.15) is 0 Å². The minimum Gasteiger partial charge on any atom is -0.469 e. The number of carbonyl (C=O) groups excluding carboxylic acids is 1. The molecule has 1 atom stereocenters. The summed E-state index contributed by atoms with van der Waals surface area (Å²) in [6.07, 6.45) is 5.43. The summed E-state index contributed by atoms with van der Waals surface area (Å²) in [5.74, 6) is 1.16. The average molecular weight is 381 g/mol. The van der Waals surface area contributed by atoms with E-state index in [4.69, 9.17) is 17.0 Å². The molecule has 1 amide bonds. The molecule has 0 fully saturated rings. The summed E-state index contributed by atoms with van der Waals surface area (Å²) in [4.78, 5) is 17.6. The number of H-pyrrole nitrogens is 1. The van der Waals surface area contributed by atoms with Crippen molar-refractivity contribution in [2.75, 3.05) is 6.73 Å². The molecule has 138 valence electrons. The fourth-order valence-electron chi connectivity index (χ4n) is 3.10. The van der Waals surface area contributed by atoms with Gasteiger partial charge in [-0.1, -0.05) is 55.5 Å². The Kier molecular flexibility index (Phi) is 4.72. The van der Waals surface area contributed by atoms with Crippen molar-refractivity contribution in [3.05, 3.63) is 71.2 Å². The van der Waals surface area contributed by atoms with E-state index < -0.39 is 5.91 Å². The number of hydrogen-bond acceptors (Lipinski definition) is 6. The molecule has 2 heterocycles. The third-order valence-electron chi connectivity index (χ3n) is 4.53. The summed E-state index contributed by atoms with van der Waals surface area (Å²) in [5.41, 5.74) is 4.63. The molecule has 0 bridgehead atoms. The fraction of sp³-hybridized carbons (Fsp3) is 0.263. The Labute approximate surface area is 162 Å². The van der Waals surface area contributed by atoms with Crippen LogP contribution in [0.25, 0.3) is 0 Å². The summed E-state index contributed by atoms with van der Waals surface area (Å²) in [7, 11) is 0. The number of carbonyl (C=O) groups is 1. The normalized spacial score (nSPS) is 18.5. The van der Waals surface area contributed by atoms with Crippen molar-refractivity contribution >= 4 is 23.0 Å². The molecular weight excluding hydrogens is 362 g/mol. The molecular formula is C19H19N5O2S. The van der Waals surface area contributed by atoms with Gasteiger partial charge in [0.05, 0.1) is 4.86 Å². The summed E-state index contributed by atoms with van der Waals surface area (Å²) in [5, 5.41) is 8.48. The van der Waals surface area contributed by atoms with Gasteiger partial charge in [0.1, 0.15) is 17.3 Å². The van der Waals surface area contributed by atoms with Gasteiger partial charge in [-0.15, -0.1) is 5.10 Å². The van der Waals surface area contributed by atoms with Crippen LogP contribution in [0.3, 0.4) is 0 Å². The lowest BCUT2D eigenvalue weighted by molar-refractivity contribution is 0.0719. The number of amides is 1. The second-order valence-corrected chi connectivity index (χ2v) is 6.80. The summed E-state index contributed by atoms with van der Waals surface area (Å²) >= 11 is 5.57. The van der Waals surface area contributed by atoms with Crippen LogP contribution in [0.4, 0.5) is 0 Å². The Morgan fingerprint density at radius 1 is 1.41 bits per heavy atom. The third-order valence-corrected chi connectivity index (χ3v) is 5.02. The summed E-state index contributed by atoms with van der Waals surface area (Å²) < 4.78 is 5.62. The average Bonchev–Trinajstić information content (AvgIpc) is 3.31. The molecule has 7 nitrogen and oxygen atoms in total. The highest BCUT2D eigenvalue weighted by molar-refractivity contribution is 7.80. The molecule has 2 aromatic rings. The van der Waals surface area contributed by atoms with Gasteiger partial charge in [-0.05, 0) is 18.1 Å². The molecule has 0 spiro atoms. The van der Waals surface area contributed by atoms with Crippen LogP contribution < -0.4 is 5.43 Å². The first kappa shape index (κ1) is 17.4. The topological polar surface area (TPSA) is 83.1 Å². The number of nitrogens with zero attached hydrogens (tertiary/aromatic N) is 3. The third kappa shape index (κ3) is 3.48. The number of benzene rings is 1. The number of hydrazine groups is 1. The highest BCUT2D eigenvalue weighted by atomic mass is 32.1. The molecule has 2 N–H and O–H groups in total. The molecule has 8 heteroatoms. The molecule has 1 aromatic heterocycles. The van der Waals surface area contributed by atoms with Crippen LogP contribution in [0.1, 0.15) is 35.4 Å². The van der Waals surface area contributed by atoms with Crippen molar-refractivity contribution in [3.8, 4) is 0 Å². The molecule has 1 aromatic carbocycles. The lowest BCUT2D eigenvalue weighted by Crippen LogP contribution is -2.43. The van der Waals surface area contributed by atoms with E-state index in [0.717, 1.165) is 22.5 Å². The number of thiocarbonyl (C=S) groups is 1. The largest absolute Gasteiger partial charge is 0.469 e. The second-order valence-electron chi connectivity index (χ2n) is 6.36. The lowest BCUT2D eigenvalue weighted by Gasteiger charge is -2.24. The van der Waals surface area contributed by atoms with Gasteiger partial charge in [-0.3, -0.25) is 15.3 Å². The van der Waals surface area contributed by atoms with Gasteiger partial charge in [-0.25, -0.2) is 9.99 Å². The lowest BCUT2D eigenvalue weighted by atomic mass is 9.95. The fourth-order valence-corrected chi connectivity index (χ4v) is 3.55. The minimum absolute atomic E-state index is 0.0827. The highest BCUT2D eigenvalue weighted by Crippen LogP contribution is 2.30. The zero-order valence-corrected chi connectivity index (χ0v) is 15.6. The van der Waals surface area contributed by atoms with Gasteiger partial charge in [0.15, 0.2) is 6.73 Å². The van der Waals surface area contributed by atoms with Crippen LogP contribution >= 0.6 is 12.2 Å². The molecule has 27 heavy (non-hydrogen) atoms. The monoisotopic (exact) mass is 381 g/mol. The zero-order valence-electron chi connectivity index (χ0n) is 14.8. The van der Waals surface area contributed by atoms with Gasteiger partial charge < -0.3 is 4.74 Å². The van der Waals surface area contributed by atoms with Crippen molar-refractivity contribution < 1.29 is 9.53 Å². The predicted molar refractivity (Wildman–Crippen MR) is 103 cm³/mol. The Morgan fingerprint density at radius 3 is 3.00 bits per heavy atom. The SMILES string of the molecule is CC[C@@H]1C=CC2=C(C1=S)N(NC(=O)c1n[nH]c(Cc3ccccc3)n1)CO2. The van der Waals surface area contributed by atoms with Gasteiger partial charge >= 0.3 is 5.91 Å². The molecule has 0 saturated heterocycles. The van der Waals surface area contributed by atoms with Gasteiger partial charge in [0.25, 0.3) is 0 Å². The first-order chi connectivity index (χ1) is 13.2. The maximum Gasteiger partial charge on any atom is 0.309 e. The number of hydrogen-bond donors (Lipinski definition) is 2. The van der Waals surface area contributed by atoms with Crippen LogP contribution in [0.5, 0.6) is 0 Å². The zero-order chi connectivity index (χ0) is 18.8. The molecule has 0 saturated carbocycles. The minimum atomic E-state index is -0.409. The van der Waals surface area contributed by atoms with Gasteiger partial charge in [0.2, 0.25) is 5.82 Å². The van der Waals surface area contributed by atoms with Crippen LogP contribution in [0.15, 0.2) is 53.9 Å². The van der Waals surface area contributed by atoms with Gasteiger partial charge in [0, 0.05) is 12.3 Å². The number of aromatic nitrogens is 3. The predicted octanol–water partition coefficient (Wildman–Crippen LogP) is 2.51. The molecule has 1 aliphatic heterocycles. The number of aromatic amines is 1. The van der Waals surface area contributed by atoms with E-state index in [1.54, 1.807) is 5.01 Å². The van der Waals surface area contributed by atoms with Crippen LogP contribution in [-0.4, -0.2) is 37.7 Å². The molecule has 2 aliphatic rings. The summed E-state index contributed by atoms with van der Waals surface area (Å²) in [6, 6.07) is 9.88. The Hall–Kier alpha value is -3.00. The molecule has 1 aliphatic carbocycles.